The third-order valence-electron chi connectivity index (χ3n) is 1.65. The molecule has 12 heavy (non-hydrogen) atoms. The maximum absolute atomic E-state index is 5.36. The SMILES string of the molecule is NCCCNCc1[c]cccc1. The smallest absolute Gasteiger partial charge is 0.0211 e. The van der Waals surface area contributed by atoms with Gasteiger partial charge in [0.1, 0.15) is 0 Å². The molecule has 0 aliphatic heterocycles. The molecule has 2 nitrogen and oxygen atoms in total. The van der Waals surface area contributed by atoms with E-state index < -0.39 is 0 Å². The molecule has 1 radical (unpaired) electrons. The highest BCUT2D eigenvalue weighted by Crippen LogP contribution is 1.95. The number of nitrogens with two attached hydrogens (primary N) is 1. The van der Waals surface area contributed by atoms with Gasteiger partial charge in [0.25, 0.3) is 0 Å². The maximum atomic E-state index is 5.36. The van der Waals surface area contributed by atoms with Gasteiger partial charge in [0, 0.05) is 6.54 Å². The van der Waals surface area contributed by atoms with E-state index in [0.29, 0.717) is 0 Å². The normalized spacial score (nSPS) is 10.1. The van der Waals surface area contributed by atoms with E-state index >= 15 is 0 Å². The van der Waals surface area contributed by atoms with Gasteiger partial charge in [0.05, 0.1) is 0 Å². The van der Waals surface area contributed by atoms with Gasteiger partial charge >= 0.3 is 0 Å². The van der Waals surface area contributed by atoms with E-state index in [1.807, 2.05) is 18.2 Å². The first-order valence-electron chi connectivity index (χ1n) is 4.30. The van der Waals surface area contributed by atoms with Crippen molar-refractivity contribution in [2.45, 2.75) is 13.0 Å². The molecule has 0 saturated carbocycles. The van der Waals surface area contributed by atoms with Crippen LogP contribution in [0.15, 0.2) is 24.3 Å². The molecule has 0 aliphatic rings. The van der Waals surface area contributed by atoms with Crippen LogP contribution in [0.2, 0.25) is 0 Å². The molecule has 3 N–H and O–H groups in total. The van der Waals surface area contributed by atoms with Crippen molar-refractivity contribution >= 4 is 0 Å². The first-order valence-corrected chi connectivity index (χ1v) is 4.30. The van der Waals surface area contributed by atoms with Gasteiger partial charge in [-0.2, -0.15) is 0 Å². The molecule has 65 valence electrons. The lowest BCUT2D eigenvalue weighted by Gasteiger charge is -2.02. The van der Waals surface area contributed by atoms with Crippen LogP contribution in [0, 0.1) is 6.07 Å². The zero-order chi connectivity index (χ0) is 8.65. The van der Waals surface area contributed by atoms with Crippen LogP contribution in [0.1, 0.15) is 12.0 Å². The van der Waals surface area contributed by atoms with Gasteiger partial charge in [0.2, 0.25) is 0 Å². The van der Waals surface area contributed by atoms with Crippen LogP contribution in [0.25, 0.3) is 0 Å². The van der Waals surface area contributed by atoms with Gasteiger partial charge < -0.3 is 11.1 Å². The van der Waals surface area contributed by atoms with E-state index in [9.17, 15) is 0 Å². The second-order valence-electron chi connectivity index (χ2n) is 2.71. The summed E-state index contributed by atoms with van der Waals surface area (Å²) < 4.78 is 0. The summed E-state index contributed by atoms with van der Waals surface area (Å²) in [6.45, 7) is 2.63. The molecule has 0 spiro atoms. The van der Waals surface area contributed by atoms with Crippen molar-refractivity contribution < 1.29 is 0 Å². The van der Waals surface area contributed by atoms with E-state index in [4.69, 9.17) is 5.73 Å². The predicted molar refractivity (Wildman–Crippen MR) is 50.7 cm³/mol. The molecule has 0 saturated heterocycles. The van der Waals surface area contributed by atoms with E-state index in [2.05, 4.69) is 17.4 Å². The fraction of sp³-hybridized carbons (Fsp3) is 0.400. The van der Waals surface area contributed by atoms with E-state index in [1.54, 1.807) is 0 Å². The number of benzene rings is 1. The maximum Gasteiger partial charge on any atom is 0.0211 e. The van der Waals surface area contributed by atoms with Crippen molar-refractivity contribution in [2.75, 3.05) is 13.1 Å². The number of hydrogen-bond acceptors (Lipinski definition) is 2. The summed E-state index contributed by atoms with van der Waals surface area (Å²) >= 11 is 0. The lowest BCUT2D eigenvalue weighted by Crippen LogP contribution is -2.17. The summed E-state index contributed by atoms with van der Waals surface area (Å²) in [4.78, 5) is 0. The van der Waals surface area contributed by atoms with Crippen LogP contribution >= 0.6 is 0 Å². The lowest BCUT2D eigenvalue weighted by atomic mass is 10.2. The molecule has 0 unspecified atom stereocenters. The molecule has 1 aromatic carbocycles. The Balaban J connectivity index is 2.16. The second kappa shape index (κ2) is 5.75. The summed E-state index contributed by atoms with van der Waals surface area (Å²) in [5.41, 5.74) is 6.56. The van der Waals surface area contributed by atoms with Crippen molar-refractivity contribution in [3.63, 3.8) is 0 Å². The molecule has 0 atom stereocenters. The molecular formula is C10H15N2. The Labute approximate surface area is 73.8 Å². The molecule has 0 bridgehead atoms. The molecule has 2 heteroatoms. The van der Waals surface area contributed by atoms with Crippen LogP contribution in [-0.2, 0) is 6.54 Å². The summed E-state index contributed by atoms with van der Waals surface area (Å²) in [5.74, 6) is 0. The topological polar surface area (TPSA) is 38.0 Å². The minimum absolute atomic E-state index is 0.755. The highest BCUT2D eigenvalue weighted by atomic mass is 14.8. The summed E-state index contributed by atoms with van der Waals surface area (Å²) in [7, 11) is 0. The Morgan fingerprint density at radius 3 is 3.00 bits per heavy atom. The molecule has 0 aliphatic carbocycles. The van der Waals surface area contributed by atoms with Gasteiger partial charge in [-0.15, -0.1) is 0 Å². The van der Waals surface area contributed by atoms with Crippen LogP contribution in [0.4, 0.5) is 0 Å². The quantitative estimate of drug-likeness (QED) is 0.634. The molecule has 0 heterocycles. The van der Waals surface area contributed by atoms with Gasteiger partial charge in [-0.1, -0.05) is 24.3 Å². The summed E-state index contributed by atoms with van der Waals surface area (Å²) in [6.07, 6.45) is 1.03. The highest BCUT2D eigenvalue weighted by Gasteiger charge is 1.89. The van der Waals surface area contributed by atoms with Crippen LogP contribution < -0.4 is 11.1 Å². The van der Waals surface area contributed by atoms with E-state index in [0.717, 1.165) is 26.1 Å². The number of rotatable bonds is 5. The summed E-state index contributed by atoms with van der Waals surface area (Å²) in [6, 6.07) is 11.1. The van der Waals surface area contributed by atoms with Crippen LogP contribution in [0.3, 0.4) is 0 Å². The largest absolute Gasteiger partial charge is 0.330 e. The Kier molecular flexibility index (Phi) is 4.42. The monoisotopic (exact) mass is 163 g/mol. The average molecular weight is 163 g/mol. The van der Waals surface area contributed by atoms with Crippen molar-refractivity contribution in [2.24, 2.45) is 5.73 Å². The fourth-order valence-corrected chi connectivity index (χ4v) is 0.991. The lowest BCUT2D eigenvalue weighted by molar-refractivity contribution is 0.655. The third-order valence-corrected chi connectivity index (χ3v) is 1.65. The standard InChI is InChI=1S/C10H15N2/c11-7-4-8-12-9-10-5-2-1-3-6-10/h1-3,5,12H,4,7-9,11H2. The minimum Gasteiger partial charge on any atom is -0.330 e. The fourth-order valence-electron chi connectivity index (χ4n) is 0.991. The Hall–Kier alpha value is -0.860. The zero-order valence-electron chi connectivity index (χ0n) is 7.22. The second-order valence-corrected chi connectivity index (χ2v) is 2.71. The van der Waals surface area contributed by atoms with E-state index in [-0.39, 0.29) is 0 Å². The van der Waals surface area contributed by atoms with Crippen LogP contribution in [0.5, 0.6) is 0 Å². The molecule has 1 aromatic rings. The van der Waals surface area contributed by atoms with Crippen molar-refractivity contribution in [1.29, 1.82) is 0 Å². The molecule has 0 fully saturated rings. The average Bonchev–Trinajstić information content (AvgIpc) is 2.14. The van der Waals surface area contributed by atoms with Gasteiger partial charge in [-0.3, -0.25) is 0 Å². The molecule has 0 aromatic heterocycles. The first-order chi connectivity index (χ1) is 5.93. The number of hydrogen-bond donors (Lipinski definition) is 2. The van der Waals surface area contributed by atoms with Gasteiger partial charge in [0.15, 0.2) is 0 Å². The minimum atomic E-state index is 0.755. The van der Waals surface area contributed by atoms with Gasteiger partial charge in [-0.25, -0.2) is 0 Å². The van der Waals surface area contributed by atoms with Crippen LogP contribution in [-0.4, -0.2) is 13.1 Å². The van der Waals surface area contributed by atoms with E-state index in [1.165, 1.54) is 5.56 Å². The molecule has 1 rings (SSSR count). The van der Waals surface area contributed by atoms with Crippen molar-refractivity contribution in [3.8, 4) is 0 Å². The predicted octanol–water partition coefficient (Wildman–Crippen LogP) is 0.925. The van der Waals surface area contributed by atoms with Gasteiger partial charge in [-0.05, 0) is 31.1 Å². The van der Waals surface area contributed by atoms with Crippen molar-refractivity contribution in [1.82, 2.24) is 5.32 Å². The zero-order valence-corrected chi connectivity index (χ0v) is 7.22. The third kappa shape index (κ3) is 3.51. The van der Waals surface area contributed by atoms with Crippen molar-refractivity contribution in [3.05, 3.63) is 35.9 Å². The first kappa shape index (κ1) is 9.23. The Morgan fingerprint density at radius 1 is 1.42 bits per heavy atom. The molecular weight excluding hydrogens is 148 g/mol. The number of nitrogens with one attached hydrogen (secondary N) is 1. The summed E-state index contributed by atoms with van der Waals surface area (Å²) in [5, 5.41) is 3.29. The Bertz CT molecular complexity index is 196. The molecule has 0 amide bonds. The Morgan fingerprint density at radius 2 is 2.33 bits per heavy atom. The highest BCUT2D eigenvalue weighted by molar-refractivity contribution is 5.12.